The smallest absolute Gasteiger partial charge is 0.229 e. The van der Waals surface area contributed by atoms with Gasteiger partial charge in [-0.3, -0.25) is 4.79 Å². The van der Waals surface area contributed by atoms with E-state index in [4.69, 9.17) is 19.2 Å². The normalized spacial score (nSPS) is 18.9. The zero-order chi connectivity index (χ0) is 33.5. The van der Waals surface area contributed by atoms with Crippen molar-refractivity contribution >= 4 is 22.9 Å². The van der Waals surface area contributed by atoms with Crippen molar-refractivity contribution in [2.45, 2.75) is 52.6 Å². The molecule has 2 fully saturated rings. The van der Waals surface area contributed by atoms with Gasteiger partial charge in [-0.25, -0.2) is 4.98 Å². The second-order valence-corrected chi connectivity index (χ2v) is 13.2. The van der Waals surface area contributed by atoms with E-state index in [1.54, 1.807) is 14.2 Å². The van der Waals surface area contributed by atoms with Crippen LogP contribution in [0, 0.1) is 12.3 Å². The Labute approximate surface area is 285 Å². The Balaban J connectivity index is 1.16. The SMILES string of the molecule is CCOCCn1c(N2CCCN(CCC3(Cc4ccccc4)CCN(Cc4cc(C)c(OC)c(OC)c4)C3=O)CC2)nc2ccccc21. The standard InChI is InChI=1S/C39H51N5O4/c1-5-48-25-24-44-34-15-10-9-14-33(34)40-38(44)42-19-11-18-41(22-23-42)20-16-39(28-31-12-7-6-8-13-31)17-21-43(37(39)45)29-32-26-30(2)36(47-4)35(27-32)46-3/h6-10,12-15,26-27H,5,11,16-25,28-29H2,1-4H3. The van der Waals surface area contributed by atoms with E-state index in [0.717, 1.165) is 105 Å². The molecular weight excluding hydrogens is 602 g/mol. The van der Waals surface area contributed by atoms with E-state index in [2.05, 4.69) is 73.9 Å². The van der Waals surface area contributed by atoms with Crippen LogP contribution >= 0.6 is 0 Å². The molecule has 9 nitrogen and oxygen atoms in total. The number of carbonyl (C=O) groups excluding carboxylic acids is 1. The fraction of sp³-hybridized carbons (Fsp3) is 0.487. The Bertz CT molecular complexity index is 1670. The first-order valence-corrected chi connectivity index (χ1v) is 17.5. The Kier molecular flexibility index (Phi) is 10.9. The maximum absolute atomic E-state index is 14.4. The van der Waals surface area contributed by atoms with Crippen molar-refractivity contribution in [3.63, 3.8) is 0 Å². The van der Waals surface area contributed by atoms with Crippen molar-refractivity contribution in [2.24, 2.45) is 5.41 Å². The average molecular weight is 654 g/mol. The number of aromatic nitrogens is 2. The predicted octanol–water partition coefficient (Wildman–Crippen LogP) is 5.96. The molecule has 256 valence electrons. The Morgan fingerprint density at radius 3 is 2.48 bits per heavy atom. The van der Waals surface area contributed by atoms with E-state index in [-0.39, 0.29) is 5.91 Å². The van der Waals surface area contributed by atoms with Gasteiger partial charge < -0.3 is 33.5 Å². The first-order valence-electron chi connectivity index (χ1n) is 17.5. The van der Waals surface area contributed by atoms with Crippen molar-refractivity contribution in [3.8, 4) is 11.5 Å². The van der Waals surface area contributed by atoms with Gasteiger partial charge in [-0.1, -0.05) is 48.5 Å². The molecule has 1 atom stereocenters. The molecule has 0 aliphatic carbocycles. The second kappa shape index (κ2) is 15.4. The molecule has 1 aromatic heterocycles. The maximum Gasteiger partial charge on any atom is 0.229 e. The van der Waals surface area contributed by atoms with Crippen LogP contribution in [0.15, 0.2) is 66.7 Å². The van der Waals surface area contributed by atoms with E-state index < -0.39 is 5.41 Å². The minimum atomic E-state index is -0.424. The number of para-hydroxylation sites is 2. The summed E-state index contributed by atoms with van der Waals surface area (Å²) in [6, 6.07) is 23.0. The molecular formula is C39H51N5O4. The third-order valence-corrected chi connectivity index (χ3v) is 10.2. The number of benzene rings is 3. The average Bonchev–Trinajstić information content (AvgIpc) is 3.50. The number of likely N-dealkylation sites (tertiary alicyclic amines) is 1. The molecule has 0 radical (unpaired) electrons. The quantitative estimate of drug-likeness (QED) is 0.156. The highest BCUT2D eigenvalue weighted by Gasteiger charge is 2.46. The van der Waals surface area contributed by atoms with E-state index in [1.807, 2.05) is 26.0 Å². The zero-order valence-electron chi connectivity index (χ0n) is 29.1. The van der Waals surface area contributed by atoms with Gasteiger partial charge in [0.25, 0.3) is 0 Å². The fourth-order valence-corrected chi connectivity index (χ4v) is 7.64. The number of aryl methyl sites for hydroxylation is 1. The highest BCUT2D eigenvalue weighted by atomic mass is 16.5. The van der Waals surface area contributed by atoms with Gasteiger partial charge in [0, 0.05) is 45.9 Å². The number of rotatable bonds is 14. The molecule has 9 heteroatoms. The number of anilines is 1. The summed E-state index contributed by atoms with van der Waals surface area (Å²) in [4.78, 5) is 26.6. The highest BCUT2D eigenvalue weighted by molar-refractivity contribution is 5.85. The summed E-state index contributed by atoms with van der Waals surface area (Å²) in [7, 11) is 3.32. The summed E-state index contributed by atoms with van der Waals surface area (Å²) in [5, 5.41) is 0. The molecule has 1 unspecified atom stereocenters. The van der Waals surface area contributed by atoms with Crippen LogP contribution in [-0.4, -0.2) is 92.0 Å². The van der Waals surface area contributed by atoms with Crippen molar-refractivity contribution < 1.29 is 19.0 Å². The van der Waals surface area contributed by atoms with Gasteiger partial charge in [-0.2, -0.15) is 0 Å². The minimum absolute atomic E-state index is 0.262. The Hall–Kier alpha value is -4.08. The molecule has 3 aromatic carbocycles. The fourth-order valence-electron chi connectivity index (χ4n) is 7.64. The van der Waals surface area contributed by atoms with Crippen molar-refractivity contribution in [1.82, 2.24) is 19.4 Å². The molecule has 0 bridgehead atoms. The molecule has 0 saturated carbocycles. The van der Waals surface area contributed by atoms with Crippen LogP contribution in [0.25, 0.3) is 11.0 Å². The monoisotopic (exact) mass is 653 g/mol. The number of amides is 1. The van der Waals surface area contributed by atoms with E-state index >= 15 is 0 Å². The molecule has 48 heavy (non-hydrogen) atoms. The molecule has 2 aliphatic rings. The van der Waals surface area contributed by atoms with Crippen LogP contribution in [-0.2, 0) is 29.0 Å². The van der Waals surface area contributed by atoms with Crippen molar-refractivity contribution in [2.75, 3.05) is 71.6 Å². The first-order chi connectivity index (χ1) is 23.4. The lowest BCUT2D eigenvalue weighted by Gasteiger charge is -2.31. The third-order valence-electron chi connectivity index (χ3n) is 10.2. The number of ether oxygens (including phenoxy) is 3. The minimum Gasteiger partial charge on any atom is -0.493 e. The number of imidazole rings is 1. The van der Waals surface area contributed by atoms with Crippen molar-refractivity contribution in [1.29, 1.82) is 0 Å². The maximum atomic E-state index is 14.4. The van der Waals surface area contributed by atoms with Gasteiger partial charge in [-0.05, 0) is 87.5 Å². The summed E-state index contributed by atoms with van der Waals surface area (Å²) in [6.45, 7) is 12.3. The molecule has 2 aliphatic heterocycles. The number of methoxy groups -OCH3 is 2. The molecule has 1 amide bonds. The van der Waals surface area contributed by atoms with Crippen molar-refractivity contribution in [3.05, 3.63) is 83.4 Å². The lowest BCUT2D eigenvalue weighted by Crippen LogP contribution is -2.40. The lowest BCUT2D eigenvalue weighted by molar-refractivity contribution is -0.137. The number of hydrogen-bond donors (Lipinski definition) is 0. The lowest BCUT2D eigenvalue weighted by atomic mass is 9.77. The summed E-state index contributed by atoms with van der Waals surface area (Å²) < 4.78 is 19.2. The van der Waals surface area contributed by atoms with Crippen LogP contribution in [0.3, 0.4) is 0 Å². The zero-order valence-corrected chi connectivity index (χ0v) is 29.1. The predicted molar refractivity (Wildman–Crippen MR) is 191 cm³/mol. The summed E-state index contributed by atoms with van der Waals surface area (Å²) in [5.74, 6) is 2.74. The first kappa shape index (κ1) is 33.8. The topological polar surface area (TPSA) is 72.3 Å². The molecule has 2 saturated heterocycles. The van der Waals surface area contributed by atoms with Gasteiger partial charge >= 0.3 is 0 Å². The van der Waals surface area contributed by atoms with E-state index in [0.29, 0.717) is 25.5 Å². The number of carbonyl (C=O) groups is 1. The third kappa shape index (κ3) is 7.32. The van der Waals surface area contributed by atoms with Crippen LogP contribution in [0.5, 0.6) is 11.5 Å². The number of nitrogens with zero attached hydrogens (tertiary/aromatic N) is 5. The van der Waals surface area contributed by atoms with Gasteiger partial charge in [0.15, 0.2) is 11.5 Å². The van der Waals surface area contributed by atoms with Crippen LogP contribution in [0.2, 0.25) is 0 Å². The molecule has 4 aromatic rings. The van der Waals surface area contributed by atoms with Gasteiger partial charge in [-0.15, -0.1) is 0 Å². The van der Waals surface area contributed by atoms with E-state index in [1.165, 1.54) is 5.56 Å². The number of fused-ring (bicyclic) bond motifs is 1. The Morgan fingerprint density at radius 2 is 1.69 bits per heavy atom. The molecule has 0 N–H and O–H groups in total. The van der Waals surface area contributed by atoms with Crippen LogP contribution < -0.4 is 14.4 Å². The van der Waals surface area contributed by atoms with Gasteiger partial charge in [0.05, 0.1) is 37.3 Å². The van der Waals surface area contributed by atoms with Crippen LogP contribution in [0.1, 0.15) is 42.9 Å². The van der Waals surface area contributed by atoms with Gasteiger partial charge in [0.1, 0.15) is 0 Å². The summed E-state index contributed by atoms with van der Waals surface area (Å²) >= 11 is 0. The summed E-state index contributed by atoms with van der Waals surface area (Å²) in [5.41, 5.74) is 5.06. The van der Waals surface area contributed by atoms with Gasteiger partial charge in [0.2, 0.25) is 11.9 Å². The number of hydrogen-bond acceptors (Lipinski definition) is 7. The molecule has 6 rings (SSSR count). The molecule has 3 heterocycles. The summed E-state index contributed by atoms with van der Waals surface area (Å²) in [6.07, 6.45) is 3.52. The largest absolute Gasteiger partial charge is 0.493 e. The van der Waals surface area contributed by atoms with Crippen LogP contribution in [0.4, 0.5) is 5.95 Å². The second-order valence-electron chi connectivity index (χ2n) is 13.2. The highest BCUT2D eigenvalue weighted by Crippen LogP contribution is 2.41. The van der Waals surface area contributed by atoms with E-state index in [9.17, 15) is 4.79 Å². The molecule has 0 spiro atoms. The Morgan fingerprint density at radius 1 is 0.875 bits per heavy atom.